The molecule has 82 heavy (non-hydrogen) atoms. The number of nitrogens with one attached hydrogen (secondary N) is 1. The Morgan fingerprint density at radius 1 is 0.427 bits per heavy atom. The van der Waals surface area contributed by atoms with Gasteiger partial charge < -0.3 is 89.9 Å². The molecule has 1 amide bonds. The molecule has 0 radical (unpaired) electrons. The van der Waals surface area contributed by atoms with E-state index < -0.39 is 124 Å². The van der Waals surface area contributed by atoms with Crippen LogP contribution < -0.4 is 5.32 Å². The number of amides is 1. The number of ether oxygens (including phenoxy) is 6. The van der Waals surface area contributed by atoms with Crippen LogP contribution in [0.25, 0.3) is 0 Å². The highest BCUT2D eigenvalue weighted by atomic mass is 16.8. The molecule has 19 nitrogen and oxygen atoms in total. The Morgan fingerprint density at radius 3 is 1.22 bits per heavy atom. The van der Waals surface area contributed by atoms with Gasteiger partial charge in [-0.15, -0.1) is 0 Å². The minimum absolute atomic E-state index is 0.226. The largest absolute Gasteiger partial charge is 0.394 e. The molecule has 0 aromatic carbocycles. The molecule has 3 saturated heterocycles. The van der Waals surface area contributed by atoms with Gasteiger partial charge in [-0.25, -0.2) is 0 Å². The number of allylic oxidation sites excluding steroid dienone is 7. The maximum Gasteiger partial charge on any atom is 0.220 e. The van der Waals surface area contributed by atoms with Crippen molar-refractivity contribution in [2.75, 3.05) is 26.4 Å². The number of aliphatic hydroxyl groups is 11. The number of unbranched alkanes of at least 4 members (excludes halogenated alkanes) is 25. The Kier molecular flexibility index (Phi) is 41.5. The quantitative estimate of drug-likeness (QED) is 0.0224. The Morgan fingerprint density at radius 2 is 0.780 bits per heavy atom. The summed E-state index contributed by atoms with van der Waals surface area (Å²) in [7, 11) is 0. The molecule has 0 aromatic heterocycles. The van der Waals surface area contributed by atoms with Crippen LogP contribution in [0.3, 0.4) is 0 Å². The topological polar surface area (TPSA) is 307 Å². The van der Waals surface area contributed by atoms with Gasteiger partial charge in [0, 0.05) is 6.42 Å². The normalized spacial score (nSPS) is 29.9. The monoisotopic (exact) mass is 1170 g/mol. The molecule has 12 N–H and O–H groups in total. The smallest absolute Gasteiger partial charge is 0.220 e. The summed E-state index contributed by atoms with van der Waals surface area (Å²) in [4.78, 5) is 13.3. The van der Waals surface area contributed by atoms with E-state index in [0.29, 0.717) is 12.8 Å². The van der Waals surface area contributed by atoms with Crippen LogP contribution in [-0.2, 0) is 33.2 Å². The van der Waals surface area contributed by atoms with Crippen LogP contribution in [-0.4, -0.2) is 193 Å². The van der Waals surface area contributed by atoms with E-state index in [2.05, 4.69) is 55.6 Å². The predicted octanol–water partition coefficient (Wildman–Crippen LogP) is 6.65. The van der Waals surface area contributed by atoms with E-state index >= 15 is 0 Å². The van der Waals surface area contributed by atoms with Gasteiger partial charge in [0.15, 0.2) is 18.9 Å². The van der Waals surface area contributed by atoms with Crippen LogP contribution in [0.5, 0.6) is 0 Å². The van der Waals surface area contributed by atoms with Crippen LogP contribution in [0, 0.1) is 0 Å². The van der Waals surface area contributed by atoms with Crippen molar-refractivity contribution >= 4 is 5.91 Å². The third-order valence-corrected chi connectivity index (χ3v) is 15.8. The summed E-state index contributed by atoms with van der Waals surface area (Å²) < 4.78 is 34.2. The molecular formula is C63H113NO18. The lowest BCUT2D eigenvalue weighted by molar-refractivity contribution is -0.379. The molecule has 0 spiro atoms. The summed E-state index contributed by atoms with van der Waals surface area (Å²) >= 11 is 0. The fourth-order valence-corrected chi connectivity index (χ4v) is 10.6. The van der Waals surface area contributed by atoms with E-state index in [1.165, 1.54) is 122 Å². The molecule has 3 aliphatic rings. The highest BCUT2D eigenvalue weighted by Gasteiger charge is 2.53. The molecule has 3 heterocycles. The first-order chi connectivity index (χ1) is 39.8. The zero-order valence-corrected chi connectivity index (χ0v) is 50.0. The van der Waals surface area contributed by atoms with Crippen molar-refractivity contribution in [3.05, 3.63) is 48.6 Å². The standard InChI is InChI=1S/C63H113NO18/c1-3-5-7-9-11-13-15-17-19-21-22-23-25-26-28-30-32-34-36-38-40-47(68)46(64-51(69)41-39-37-35-33-31-29-27-24-20-18-16-14-12-10-8-6-4-2)45-77-61-57(75)54(72)59(49(43-66)79-61)82-63-58(76)55(73)60(50(44-67)80-63)81-62-56(74)53(71)52(70)48(42-65)78-62/h18,20,23,25,30,32,38,40,46-50,52-63,65-68,70-76H,3-17,19,21-22,24,26-29,31,33-37,39,41-45H2,1-2H3,(H,64,69)/b20-18-,25-23+,32-30+,40-38+. The van der Waals surface area contributed by atoms with Crippen LogP contribution in [0.4, 0.5) is 0 Å². The molecule has 17 unspecified atom stereocenters. The molecule has 3 rings (SSSR count). The molecule has 0 saturated carbocycles. The third kappa shape index (κ3) is 29.0. The van der Waals surface area contributed by atoms with E-state index in [4.69, 9.17) is 28.4 Å². The number of aliphatic hydroxyl groups excluding tert-OH is 11. The van der Waals surface area contributed by atoms with Crippen molar-refractivity contribution in [3.63, 3.8) is 0 Å². The lowest BCUT2D eigenvalue weighted by Gasteiger charge is -2.48. The molecule has 0 aromatic rings. The lowest BCUT2D eigenvalue weighted by Crippen LogP contribution is -2.66. The SMILES string of the molecule is CCCCCCCC/C=C\CCCCCCCCCC(=O)NC(COC1OC(CO)C(OC2OC(CO)C(OC3OC(CO)C(O)C(O)C3O)C(O)C2O)C(O)C1O)C(O)/C=C/CC/C=C/CC/C=C/CCCCCCCCCCCC. The van der Waals surface area contributed by atoms with Crippen molar-refractivity contribution in [1.82, 2.24) is 5.32 Å². The minimum Gasteiger partial charge on any atom is -0.394 e. The van der Waals surface area contributed by atoms with Gasteiger partial charge >= 0.3 is 0 Å². The average Bonchev–Trinajstić information content (AvgIpc) is 3.39. The Bertz CT molecular complexity index is 1680. The Labute approximate surface area is 491 Å². The van der Waals surface area contributed by atoms with Gasteiger partial charge in [-0.1, -0.05) is 184 Å². The molecular weight excluding hydrogens is 1060 g/mol. The Balaban J connectivity index is 1.51. The number of carbonyl (C=O) groups excluding carboxylic acids is 1. The van der Waals surface area contributed by atoms with Gasteiger partial charge in [-0.2, -0.15) is 0 Å². The highest BCUT2D eigenvalue weighted by Crippen LogP contribution is 2.33. The summed E-state index contributed by atoms with van der Waals surface area (Å²) in [6.07, 6.45) is 25.1. The fraction of sp³-hybridized carbons (Fsp3) is 0.857. The number of hydrogen-bond acceptors (Lipinski definition) is 18. The molecule has 17 atom stereocenters. The van der Waals surface area contributed by atoms with Crippen molar-refractivity contribution in [2.24, 2.45) is 0 Å². The van der Waals surface area contributed by atoms with Crippen LogP contribution in [0.2, 0.25) is 0 Å². The second-order valence-corrected chi connectivity index (χ2v) is 22.8. The minimum atomic E-state index is -1.98. The molecule has 3 aliphatic heterocycles. The van der Waals surface area contributed by atoms with Crippen molar-refractivity contribution < 1.29 is 89.4 Å². The number of carbonyl (C=O) groups is 1. The summed E-state index contributed by atoms with van der Waals surface area (Å²) in [5, 5.41) is 120. The van der Waals surface area contributed by atoms with E-state index in [9.17, 15) is 61.0 Å². The molecule has 478 valence electrons. The third-order valence-electron chi connectivity index (χ3n) is 15.8. The average molecular weight is 1170 g/mol. The number of rotatable bonds is 47. The van der Waals surface area contributed by atoms with Crippen molar-refractivity contribution in [3.8, 4) is 0 Å². The zero-order chi connectivity index (χ0) is 59.7. The summed E-state index contributed by atoms with van der Waals surface area (Å²) in [6, 6.07) is -0.999. The van der Waals surface area contributed by atoms with Crippen LogP contribution in [0.1, 0.15) is 213 Å². The summed E-state index contributed by atoms with van der Waals surface area (Å²) in [5.74, 6) is -0.295. The maximum absolute atomic E-state index is 13.3. The van der Waals surface area contributed by atoms with E-state index in [1.54, 1.807) is 6.08 Å². The van der Waals surface area contributed by atoms with E-state index in [0.717, 1.165) is 57.8 Å². The molecule has 0 aliphatic carbocycles. The van der Waals surface area contributed by atoms with Gasteiger partial charge in [-0.3, -0.25) is 4.79 Å². The van der Waals surface area contributed by atoms with Gasteiger partial charge in [0.05, 0.1) is 38.6 Å². The second-order valence-electron chi connectivity index (χ2n) is 22.8. The first-order valence-electron chi connectivity index (χ1n) is 31.9. The van der Waals surface area contributed by atoms with Gasteiger partial charge in [0.2, 0.25) is 5.91 Å². The van der Waals surface area contributed by atoms with Gasteiger partial charge in [0.25, 0.3) is 0 Å². The highest BCUT2D eigenvalue weighted by molar-refractivity contribution is 5.76. The van der Waals surface area contributed by atoms with Gasteiger partial charge in [-0.05, 0) is 70.6 Å². The Hall–Kier alpha value is -2.25. The maximum atomic E-state index is 13.3. The van der Waals surface area contributed by atoms with E-state index in [-0.39, 0.29) is 18.9 Å². The van der Waals surface area contributed by atoms with Crippen molar-refractivity contribution in [1.29, 1.82) is 0 Å². The first kappa shape index (κ1) is 74.0. The van der Waals surface area contributed by atoms with Crippen molar-refractivity contribution in [2.45, 2.75) is 317 Å². The fourth-order valence-electron chi connectivity index (χ4n) is 10.6. The predicted molar refractivity (Wildman–Crippen MR) is 314 cm³/mol. The van der Waals surface area contributed by atoms with Crippen LogP contribution in [0.15, 0.2) is 48.6 Å². The summed E-state index contributed by atoms with van der Waals surface area (Å²) in [5.41, 5.74) is 0. The summed E-state index contributed by atoms with van der Waals surface area (Å²) in [6.45, 7) is 1.69. The molecule has 3 fully saturated rings. The van der Waals surface area contributed by atoms with E-state index in [1.807, 2.05) is 6.08 Å². The van der Waals surface area contributed by atoms with Gasteiger partial charge in [0.1, 0.15) is 73.2 Å². The van der Waals surface area contributed by atoms with Crippen LogP contribution >= 0.6 is 0 Å². The zero-order valence-electron chi connectivity index (χ0n) is 50.0. The number of hydrogen-bond donors (Lipinski definition) is 12. The first-order valence-corrected chi connectivity index (χ1v) is 31.9. The second kappa shape index (κ2) is 46.0. The lowest BCUT2D eigenvalue weighted by atomic mass is 9.96. The molecule has 19 heteroatoms. The molecule has 0 bridgehead atoms.